The Morgan fingerprint density at radius 2 is 2.22 bits per heavy atom. The Morgan fingerprint density at radius 1 is 1.50 bits per heavy atom. The van der Waals surface area contributed by atoms with Crippen molar-refractivity contribution in [1.29, 1.82) is 0 Å². The minimum Gasteiger partial charge on any atom is -0.397 e. The minimum atomic E-state index is -0.410. The van der Waals surface area contributed by atoms with Crippen molar-refractivity contribution in [3.8, 4) is 0 Å². The number of rotatable bonds is 6. The van der Waals surface area contributed by atoms with Crippen LogP contribution in [0.5, 0.6) is 0 Å². The van der Waals surface area contributed by atoms with E-state index >= 15 is 0 Å². The first kappa shape index (κ1) is 14.8. The van der Waals surface area contributed by atoms with Crippen molar-refractivity contribution in [2.75, 3.05) is 22.6 Å². The van der Waals surface area contributed by atoms with Gasteiger partial charge in [0.15, 0.2) is 0 Å². The SMILES string of the molecule is CC(C)CCSCC(=O)Nc1cc(F)ccc1N. The smallest absolute Gasteiger partial charge is 0.234 e. The molecule has 0 unspecified atom stereocenters. The highest BCUT2D eigenvalue weighted by molar-refractivity contribution is 7.99. The topological polar surface area (TPSA) is 55.1 Å². The lowest BCUT2D eigenvalue weighted by Crippen LogP contribution is -2.15. The summed E-state index contributed by atoms with van der Waals surface area (Å²) in [7, 11) is 0. The fraction of sp³-hybridized carbons (Fsp3) is 0.462. The van der Waals surface area contributed by atoms with E-state index in [2.05, 4.69) is 19.2 Å². The molecule has 0 aliphatic rings. The summed E-state index contributed by atoms with van der Waals surface area (Å²) < 4.78 is 13.0. The number of thioether (sulfide) groups is 1. The molecule has 1 aromatic rings. The van der Waals surface area contributed by atoms with Gasteiger partial charge in [0.1, 0.15) is 5.82 Å². The molecule has 100 valence electrons. The van der Waals surface area contributed by atoms with Gasteiger partial charge in [-0.25, -0.2) is 4.39 Å². The van der Waals surface area contributed by atoms with Crippen molar-refractivity contribution in [3.63, 3.8) is 0 Å². The van der Waals surface area contributed by atoms with Crippen molar-refractivity contribution in [2.24, 2.45) is 5.92 Å². The zero-order chi connectivity index (χ0) is 13.5. The molecule has 0 atom stereocenters. The van der Waals surface area contributed by atoms with E-state index in [9.17, 15) is 9.18 Å². The number of benzene rings is 1. The molecule has 0 spiro atoms. The molecule has 0 fully saturated rings. The van der Waals surface area contributed by atoms with E-state index in [-0.39, 0.29) is 5.91 Å². The van der Waals surface area contributed by atoms with Crippen molar-refractivity contribution in [3.05, 3.63) is 24.0 Å². The number of anilines is 2. The van der Waals surface area contributed by atoms with Gasteiger partial charge < -0.3 is 11.1 Å². The van der Waals surface area contributed by atoms with Gasteiger partial charge in [0.2, 0.25) is 5.91 Å². The Labute approximate surface area is 111 Å². The molecule has 5 heteroatoms. The molecule has 0 aliphatic heterocycles. The number of nitrogens with two attached hydrogens (primary N) is 1. The molecule has 1 rings (SSSR count). The van der Waals surface area contributed by atoms with Crippen LogP contribution in [0.4, 0.5) is 15.8 Å². The Kier molecular flexibility index (Phi) is 5.98. The fourth-order valence-electron chi connectivity index (χ4n) is 1.31. The van der Waals surface area contributed by atoms with Crippen molar-refractivity contribution in [1.82, 2.24) is 0 Å². The molecular formula is C13H19FN2OS. The third-order valence-electron chi connectivity index (χ3n) is 2.36. The van der Waals surface area contributed by atoms with Crippen LogP contribution in [-0.2, 0) is 4.79 Å². The number of carbonyl (C=O) groups is 1. The van der Waals surface area contributed by atoms with Gasteiger partial charge in [0.25, 0.3) is 0 Å². The lowest BCUT2D eigenvalue weighted by molar-refractivity contribution is -0.113. The average molecular weight is 270 g/mol. The maximum absolute atomic E-state index is 13.0. The third-order valence-corrected chi connectivity index (χ3v) is 3.35. The molecule has 3 nitrogen and oxygen atoms in total. The molecule has 0 aliphatic carbocycles. The van der Waals surface area contributed by atoms with Crippen LogP contribution < -0.4 is 11.1 Å². The van der Waals surface area contributed by atoms with E-state index in [0.29, 0.717) is 23.0 Å². The zero-order valence-corrected chi connectivity index (χ0v) is 11.5. The standard InChI is InChI=1S/C13H19FN2OS/c1-9(2)5-6-18-8-13(17)16-12-7-10(14)3-4-11(12)15/h3-4,7,9H,5-6,8,15H2,1-2H3,(H,16,17). The first-order chi connectivity index (χ1) is 8.49. The van der Waals surface area contributed by atoms with Gasteiger partial charge in [0, 0.05) is 0 Å². The average Bonchev–Trinajstić information content (AvgIpc) is 2.29. The minimum absolute atomic E-state index is 0.152. The fourth-order valence-corrected chi connectivity index (χ4v) is 2.35. The second kappa shape index (κ2) is 7.26. The third kappa shape index (κ3) is 5.40. The van der Waals surface area contributed by atoms with Crippen LogP contribution in [0.15, 0.2) is 18.2 Å². The number of hydrogen-bond donors (Lipinski definition) is 2. The largest absolute Gasteiger partial charge is 0.397 e. The molecule has 0 saturated carbocycles. The monoisotopic (exact) mass is 270 g/mol. The highest BCUT2D eigenvalue weighted by atomic mass is 32.2. The molecule has 0 heterocycles. The van der Waals surface area contributed by atoms with Gasteiger partial charge in [-0.2, -0.15) is 11.8 Å². The molecule has 3 N–H and O–H groups in total. The van der Waals surface area contributed by atoms with E-state index < -0.39 is 5.82 Å². The van der Waals surface area contributed by atoms with Crippen LogP contribution in [-0.4, -0.2) is 17.4 Å². The van der Waals surface area contributed by atoms with E-state index in [4.69, 9.17) is 5.73 Å². The number of carbonyl (C=O) groups excluding carboxylic acids is 1. The van der Waals surface area contributed by atoms with Gasteiger partial charge in [-0.1, -0.05) is 13.8 Å². The molecule has 0 saturated heterocycles. The first-order valence-corrected chi connectivity index (χ1v) is 7.07. The van der Waals surface area contributed by atoms with Crippen molar-refractivity contribution < 1.29 is 9.18 Å². The molecule has 1 amide bonds. The van der Waals surface area contributed by atoms with Crippen LogP contribution in [0.25, 0.3) is 0 Å². The summed E-state index contributed by atoms with van der Waals surface area (Å²) in [5.74, 6) is 1.39. The molecular weight excluding hydrogens is 251 g/mol. The van der Waals surface area contributed by atoms with Gasteiger partial charge in [-0.05, 0) is 36.3 Å². The molecule has 0 bridgehead atoms. The Morgan fingerprint density at radius 3 is 2.89 bits per heavy atom. The second-order valence-electron chi connectivity index (χ2n) is 4.51. The summed E-state index contributed by atoms with van der Waals surface area (Å²) in [6, 6.07) is 3.94. The highest BCUT2D eigenvalue weighted by Gasteiger charge is 2.06. The lowest BCUT2D eigenvalue weighted by Gasteiger charge is -2.08. The van der Waals surface area contributed by atoms with E-state index in [0.717, 1.165) is 12.2 Å². The Balaban J connectivity index is 2.38. The predicted octanol–water partition coefficient (Wildman–Crippen LogP) is 3.13. The molecule has 18 heavy (non-hydrogen) atoms. The quantitative estimate of drug-likeness (QED) is 0.617. The summed E-state index contributed by atoms with van der Waals surface area (Å²) in [5, 5.41) is 2.61. The lowest BCUT2D eigenvalue weighted by atomic mass is 10.2. The van der Waals surface area contributed by atoms with E-state index in [1.54, 1.807) is 11.8 Å². The number of nitrogen functional groups attached to an aromatic ring is 1. The predicted molar refractivity (Wildman–Crippen MR) is 76.2 cm³/mol. The summed E-state index contributed by atoms with van der Waals surface area (Å²) in [6.45, 7) is 4.29. The molecule has 0 aromatic heterocycles. The molecule has 0 radical (unpaired) electrons. The van der Waals surface area contributed by atoms with Crippen LogP contribution in [0.2, 0.25) is 0 Å². The summed E-state index contributed by atoms with van der Waals surface area (Å²) in [6.07, 6.45) is 1.08. The van der Waals surface area contributed by atoms with Crippen LogP contribution in [0, 0.1) is 11.7 Å². The number of hydrogen-bond acceptors (Lipinski definition) is 3. The summed E-state index contributed by atoms with van der Waals surface area (Å²) in [4.78, 5) is 11.6. The number of amides is 1. The second-order valence-corrected chi connectivity index (χ2v) is 5.62. The maximum atomic E-state index is 13.0. The van der Waals surface area contributed by atoms with E-state index in [1.807, 2.05) is 0 Å². The van der Waals surface area contributed by atoms with Gasteiger partial charge in [-0.3, -0.25) is 4.79 Å². The number of nitrogens with one attached hydrogen (secondary N) is 1. The summed E-state index contributed by atoms with van der Waals surface area (Å²) >= 11 is 1.57. The van der Waals surface area contributed by atoms with Gasteiger partial charge >= 0.3 is 0 Å². The zero-order valence-electron chi connectivity index (χ0n) is 10.7. The summed E-state index contributed by atoms with van der Waals surface area (Å²) in [5.41, 5.74) is 6.35. The highest BCUT2D eigenvalue weighted by Crippen LogP contribution is 2.19. The van der Waals surface area contributed by atoms with E-state index in [1.165, 1.54) is 18.2 Å². The van der Waals surface area contributed by atoms with Crippen LogP contribution in [0.3, 0.4) is 0 Å². The molecule has 1 aromatic carbocycles. The van der Waals surface area contributed by atoms with Crippen LogP contribution >= 0.6 is 11.8 Å². The van der Waals surface area contributed by atoms with Gasteiger partial charge in [-0.15, -0.1) is 0 Å². The Bertz CT molecular complexity index is 410. The van der Waals surface area contributed by atoms with Gasteiger partial charge in [0.05, 0.1) is 17.1 Å². The normalized spacial score (nSPS) is 10.7. The Hall–Kier alpha value is -1.23. The van der Waals surface area contributed by atoms with Crippen LogP contribution in [0.1, 0.15) is 20.3 Å². The maximum Gasteiger partial charge on any atom is 0.234 e. The number of halogens is 1. The first-order valence-electron chi connectivity index (χ1n) is 5.91. The van der Waals surface area contributed by atoms with Crippen molar-refractivity contribution >= 4 is 29.0 Å². The van der Waals surface area contributed by atoms with Crippen molar-refractivity contribution in [2.45, 2.75) is 20.3 Å².